The maximum atomic E-state index is 4.52. The van der Waals surface area contributed by atoms with E-state index in [1.165, 1.54) is 5.56 Å². The normalized spacial score (nSPS) is 11.1. The summed E-state index contributed by atoms with van der Waals surface area (Å²) in [5.74, 6) is 0.846. The smallest absolute Gasteiger partial charge is 0.126 e. The van der Waals surface area contributed by atoms with Crippen molar-refractivity contribution in [2.24, 2.45) is 0 Å². The van der Waals surface area contributed by atoms with E-state index in [4.69, 9.17) is 0 Å². The second-order valence-electron chi connectivity index (χ2n) is 4.11. The van der Waals surface area contributed by atoms with Gasteiger partial charge in [-0.25, -0.2) is 9.97 Å². The Balaban J connectivity index is 3.04. The molecule has 0 N–H and O–H groups in total. The molecule has 0 bridgehead atoms. The first-order valence-electron chi connectivity index (χ1n) is 6.38. The van der Waals surface area contributed by atoms with Crippen molar-refractivity contribution in [3.05, 3.63) is 29.0 Å². The molecule has 1 rings (SSSR count). The predicted molar refractivity (Wildman–Crippen MR) is 72.8 cm³/mol. The first kappa shape index (κ1) is 13.7. The molecule has 3 nitrogen and oxygen atoms in total. The Bertz CT molecular complexity index is 393. The maximum Gasteiger partial charge on any atom is 0.126 e. The van der Waals surface area contributed by atoms with E-state index < -0.39 is 0 Å². The highest BCUT2D eigenvalue weighted by Gasteiger charge is 2.05. The summed E-state index contributed by atoms with van der Waals surface area (Å²) in [6, 6.07) is 0. The van der Waals surface area contributed by atoms with Crippen LogP contribution >= 0.6 is 0 Å². The third kappa shape index (κ3) is 3.55. The monoisotopic (exact) mass is 233 g/mol. The molecule has 3 heteroatoms. The molecule has 0 atom stereocenters. The van der Waals surface area contributed by atoms with Crippen LogP contribution in [0.4, 0.5) is 0 Å². The van der Waals surface area contributed by atoms with Crippen molar-refractivity contribution in [3.8, 4) is 0 Å². The fourth-order valence-electron chi connectivity index (χ4n) is 1.95. The molecule has 0 unspecified atom stereocenters. The molecule has 0 aliphatic carbocycles. The van der Waals surface area contributed by atoms with Crippen LogP contribution in [-0.2, 0) is 6.42 Å². The Labute approximate surface area is 105 Å². The van der Waals surface area contributed by atoms with E-state index in [1.54, 1.807) is 0 Å². The molecule has 94 valence electrons. The molecule has 1 heterocycles. The maximum absolute atomic E-state index is 4.52. The van der Waals surface area contributed by atoms with Gasteiger partial charge in [0.05, 0.1) is 5.69 Å². The van der Waals surface area contributed by atoms with Crippen molar-refractivity contribution in [3.63, 3.8) is 0 Å². The van der Waals surface area contributed by atoms with Gasteiger partial charge in [-0.3, -0.25) is 0 Å². The zero-order valence-corrected chi connectivity index (χ0v) is 11.6. The molecule has 1 aromatic rings. The van der Waals surface area contributed by atoms with Crippen LogP contribution in [-0.4, -0.2) is 28.0 Å². The lowest BCUT2D eigenvalue weighted by atomic mass is 10.1. The fraction of sp³-hybridized carbons (Fsp3) is 0.571. The van der Waals surface area contributed by atoms with Gasteiger partial charge < -0.3 is 4.90 Å². The van der Waals surface area contributed by atoms with Crippen molar-refractivity contribution in [1.82, 2.24) is 14.9 Å². The van der Waals surface area contributed by atoms with Crippen LogP contribution < -0.4 is 0 Å². The third-order valence-electron chi connectivity index (χ3n) is 2.97. The van der Waals surface area contributed by atoms with Gasteiger partial charge in [0.15, 0.2) is 0 Å². The van der Waals surface area contributed by atoms with E-state index in [0.29, 0.717) is 0 Å². The third-order valence-corrected chi connectivity index (χ3v) is 2.97. The largest absolute Gasteiger partial charge is 0.378 e. The lowest BCUT2D eigenvalue weighted by Crippen LogP contribution is -2.15. The Kier molecular flexibility index (Phi) is 5.13. The molecule has 0 aliphatic rings. The minimum Gasteiger partial charge on any atom is -0.378 e. The van der Waals surface area contributed by atoms with Gasteiger partial charge in [0, 0.05) is 25.0 Å². The number of aromatic nitrogens is 2. The van der Waals surface area contributed by atoms with E-state index in [0.717, 1.165) is 36.7 Å². The average Bonchev–Trinajstić information content (AvgIpc) is 2.29. The molecule has 1 aromatic heterocycles. The van der Waals surface area contributed by atoms with E-state index in [9.17, 15) is 0 Å². The number of nitrogens with zero attached hydrogens (tertiary/aromatic N) is 3. The fourth-order valence-corrected chi connectivity index (χ4v) is 1.95. The molecule has 0 amide bonds. The van der Waals surface area contributed by atoms with Crippen molar-refractivity contribution in [2.75, 3.05) is 13.1 Å². The standard InChI is InChI=1S/C14H23N3/c1-6-13-11(4)15-12(5)16-14(13)9-10-17(7-2)8-3/h9-10H,6-8H2,1-5H3/b10-9+. The summed E-state index contributed by atoms with van der Waals surface area (Å²) in [7, 11) is 0. The Hall–Kier alpha value is -1.38. The second kappa shape index (κ2) is 6.38. The summed E-state index contributed by atoms with van der Waals surface area (Å²) in [5.41, 5.74) is 3.41. The highest BCUT2D eigenvalue weighted by Crippen LogP contribution is 2.13. The van der Waals surface area contributed by atoms with Gasteiger partial charge in [-0.15, -0.1) is 0 Å². The van der Waals surface area contributed by atoms with Crippen LogP contribution in [0.15, 0.2) is 6.20 Å². The minimum atomic E-state index is 0.846. The van der Waals surface area contributed by atoms with Crippen molar-refractivity contribution >= 4 is 6.08 Å². The highest BCUT2D eigenvalue weighted by molar-refractivity contribution is 5.50. The van der Waals surface area contributed by atoms with Gasteiger partial charge >= 0.3 is 0 Å². The molecule has 17 heavy (non-hydrogen) atoms. The first-order chi connectivity index (χ1) is 8.12. The van der Waals surface area contributed by atoms with E-state index >= 15 is 0 Å². The molecular weight excluding hydrogens is 210 g/mol. The van der Waals surface area contributed by atoms with Crippen molar-refractivity contribution in [1.29, 1.82) is 0 Å². The second-order valence-corrected chi connectivity index (χ2v) is 4.11. The van der Waals surface area contributed by atoms with E-state index in [2.05, 4.69) is 54.8 Å². The summed E-state index contributed by atoms with van der Waals surface area (Å²) in [4.78, 5) is 11.2. The lowest BCUT2D eigenvalue weighted by molar-refractivity contribution is 0.421. The summed E-state index contributed by atoms with van der Waals surface area (Å²) < 4.78 is 0. The SMILES string of the molecule is CCc1c(C)nc(C)nc1/C=C/N(CC)CC. The lowest BCUT2D eigenvalue weighted by Gasteiger charge is -2.15. The number of rotatable bonds is 5. The average molecular weight is 233 g/mol. The predicted octanol–water partition coefficient (Wildman–Crippen LogP) is 2.97. The van der Waals surface area contributed by atoms with Gasteiger partial charge in [0.1, 0.15) is 5.82 Å². The number of hydrogen-bond donors (Lipinski definition) is 0. The molecule has 0 spiro atoms. The molecular formula is C14H23N3. The van der Waals surface area contributed by atoms with Crippen LogP contribution in [0.3, 0.4) is 0 Å². The zero-order chi connectivity index (χ0) is 12.8. The van der Waals surface area contributed by atoms with E-state index in [-0.39, 0.29) is 0 Å². The quantitative estimate of drug-likeness (QED) is 0.783. The Morgan fingerprint density at radius 3 is 2.24 bits per heavy atom. The van der Waals surface area contributed by atoms with Gasteiger partial charge in [-0.1, -0.05) is 6.92 Å². The topological polar surface area (TPSA) is 29.0 Å². The molecule has 0 fully saturated rings. The van der Waals surface area contributed by atoms with Gasteiger partial charge in [0.2, 0.25) is 0 Å². The molecule has 0 saturated heterocycles. The molecule has 0 aromatic carbocycles. The first-order valence-corrected chi connectivity index (χ1v) is 6.38. The minimum absolute atomic E-state index is 0.846. The molecule has 0 saturated carbocycles. The van der Waals surface area contributed by atoms with Crippen molar-refractivity contribution < 1.29 is 0 Å². The summed E-state index contributed by atoms with van der Waals surface area (Å²) >= 11 is 0. The van der Waals surface area contributed by atoms with Crippen LogP contribution in [0.25, 0.3) is 6.08 Å². The van der Waals surface area contributed by atoms with E-state index in [1.807, 2.05) is 6.92 Å². The Morgan fingerprint density at radius 2 is 1.71 bits per heavy atom. The van der Waals surface area contributed by atoms with Crippen molar-refractivity contribution in [2.45, 2.75) is 41.0 Å². The van der Waals surface area contributed by atoms with Gasteiger partial charge in [-0.05, 0) is 45.8 Å². The number of aryl methyl sites for hydroxylation is 2. The molecule has 0 aliphatic heterocycles. The van der Waals surface area contributed by atoms with Crippen LogP contribution in [0, 0.1) is 13.8 Å². The van der Waals surface area contributed by atoms with Gasteiger partial charge in [0.25, 0.3) is 0 Å². The van der Waals surface area contributed by atoms with Gasteiger partial charge in [-0.2, -0.15) is 0 Å². The van der Waals surface area contributed by atoms with Crippen LogP contribution in [0.5, 0.6) is 0 Å². The molecule has 0 radical (unpaired) electrons. The Morgan fingerprint density at radius 1 is 1.06 bits per heavy atom. The highest BCUT2D eigenvalue weighted by atomic mass is 15.1. The summed E-state index contributed by atoms with van der Waals surface area (Å²) in [5, 5.41) is 0. The van der Waals surface area contributed by atoms with Crippen LogP contribution in [0.1, 0.15) is 43.5 Å². The zero-order valence-electron chi connectivity index (χ0n) is 11.6. The summed E-state index contributed by atoms with van der Waals surface area (Å²) in [6.45, 7) is 12.5. The van der Waals surface area contributed by atoms with Crippen LogP contribution in [0.2, 0.25) is 0 Å². The summed E-state index contributed by atoms with van der Waals surface area (Å²) in [6.07, 6.45) is 5.21. The number of hydrogen-bond acceptors (Lipinski definition) is 3.